The zero-order valence-corrected chi connectivity index (χ0v) is 12.3. The zero-order chi connectivity index (χ0) is 14.5. The van der Waals surface area contributed by atoms with Gasteiger partial charge in [-0.05, 0) is 44.0 Å². The van der Waals surface area contributed by atoms with E-state index < -0.39 is 6.03 Å². The van der Waals surface area contributed by atoms with Gasteiger partial charge in [0.1, 0.15) is 5.75 Å². The monoisotopic (exact) mass is 294 g/mol. The van der Waals surface area contributed by atoms with Gasteiger partial charge in [-0.2, -0.15) is 0 Å². The SMILES string of the molecule is COc1ccc(SC(C)C(=O)NC(=O)NC2CC2)cc1. The first kappa shape index (κ1) is 14.7. The first-order valence-corrected chi connectivity index (χ1v) is 7.38. The third kappa shape index (κ3) is 4.45. The molecule has 1 saturated carbocycles. The van der Waals surface area contributed by atoms with E-state index >= 15 is 0 Å². The van der Waals surface area contributed by atoms with E-state index in [0.29, 0.717) is 0 Å². The van der Waals surface area contributed by atoms with Gasteiger partial charge in [0, 0.05) is 10.9 Å². The third-order valence-electron chi connectivity index (χ3n) is 2.89. The Morgan fingerprint density at radius 3 is 2.50 bits per heavy atom. The molecule has 0 aromatic heterocycles. The molecule has 108 valence electrons. The van der Waals surface area contributed by atoms with Crippen LogP contribution in [0.25, 0.3) is 0 Å². The maximum atomic E-state index is 11.9. The van der Waals surface area contributed by atoms with Gasteiger partial charge in [0.25, 0.3) is 0 Å². The lowest BCUT2D eigenvalue weighted by molar-refractivity contribution is -0.119. The van der Waals surface area contributed by atoms with E-state index in [1.165, 1.54) is 11.8 Å². The first-order valence-electron chi connectivity index (χ1n) is 6.50. The number of ether oxygens (including phenoxy) is 1. The topological polar surface area (TPSA) is 67.4 Å². The lowest BCUT2D eigenvalue weighted by atomic mass is 10.3. The van der Waals surface area contributed by atoms with Crippen molar-refractivity contribution in [2.75, 3.05) is 7.11 Å². The van der Waals surface area contributed by atoms with Crippen LogP contribution in [-0.2, 0) is 4.79 Å². The molecule has 1 atom stereocenters. The van der Waals surface area contributed by atoms with Crippen LogP contribution in [0.5, 0.6) is 5.75 Å². The molecule has 1 aliphatic rings. The predicted octanol–water partition coefficient (Wildman–Crippen LogP) is 2.16. The Hall–Kier alpha value is -1.69. The van der Waals surface area contributed by atoms with Crippen molar-refractivity contribution >= 4 is 23.7 Å². The summed E-state index contributed by atoms with van der Waals surface area (Å²) in [4.78, 5) is 24.3. The number of thioether (sulfide) groups is 1. The summed E-state index contributed by atoms with van der Waals surface area (Å²) in [5.41, 5.74) is 0. The minimum absolute atomic E-state index is 0.243. The second kappa shape index (κ2) is 6.65. The highest BCUT2D eigenvalue weighted by Gasteiger charge is 2.25. The number of imide groups is 1. The summed E-state index contributed by atoms with van der Waals surface area (Å²) in [6.07, 6.45) is 2.00. The van der Waals surface area contributed by atoms with Crippen LogP contribution in [0.4, 0.5) is 4.79 Å². The van der Waals surface area contributed by atoms with E-state index in [4.69, 9.17) is 4.74 Å². The van der Waals surface area contributed by atoms with Crippen molar-refractivity contribution in [2.24, 2.45) is 0 Å². The standard InChI is InChI=1S/C14H18N2O3S/c1-9(13(17)16-14(18)15-10-3-4-10)20-12-7-5-11(19-2)6-8-12/h5-10H,3-4H2,1-2H3,(H2,15,16,17,18). The molecule has 5 nitrogen and oxygen atoms in total. The summed E-state index contributed by atoms with van der Waals surface area (Å²) in [5, 5.41) is 4.74. The Balaban J connectivity index is 1.81. The quantitative estimate of drug-likeness (QED) is 0.817. The molecule has 20 heavy (non-hydrogen) atoms. The van der Waals surface area contributed by atoms with Crippen molar-refractivity contribution in [2.45, 2.75) is 36.0 Å². The fourth-order valence-corrected chi connectivity index (χ4v) is 2.44. The normalized spacial score (nSPS) is 15.3. The van der Waals surface area contributed by atoms with Crippen molar-refractivity contribution in [3.05, 3.63) is 24.3 Å². The fraction of sp³-hybridized carbons (Fsp3) is 0.429. The summed E-state index contributed by atoms with van der Waals surface area (Å²) in [6.45, 7) is 1.77. The van der Waals surface area contributed by atoms with Crippen LogP contribution in [0.15, 0.2) is 29.2 Å². The first-order chi connectivity index (χ1) is 9.58. The molecule has 2 N–H and O–H groups in total. The molecule has 0 heterocycles. The summed E-state index contributed by atoms with van der Waals surface area (Å²) < 4.78 is 5.08. The highest BCUT2D eigenvalue weighted by Crippen LogP contribution is 2.25. The van der Waals surface area contributed by atoms with E-state index in [9.17, 15) is 9.59 Å². The Morgan fingerprint density at radius 2 is 1.95 bits per heavy atom. The number of methoxy groups -OCH3 is 1. The summed E-state index contributed by atoms with van der Waals surface area (Å²) >= 11 is 1.40. The molecule has 0 bridgehead atoms. The van der Waals surface area contributed by atoms with Crippen LogP contribution in [0.1, 0.15) is 19.8 Å². The third-order valence-corrected chi connectivity index (χ3v) is 4.00. The molecule has 0 radical (unpaired) electrons. The van der Waals surface area contributed by atoms with Gasteiger partial charge < -0.3 is 10.1 Å². The fourth-order valence-electron chi connectivity index (χ4n) is 1.57. The molecule has 3 amide bonds. The zero-order valence-electron chi connectivity index (χ0n) is 11.5. The van der Waals surface area contributed by atoms with Crippen molar-refractivity contribution in [3.63, 3.8) is 0 Å². The van der Waals surface area contributed by atoms with Crippen LogP contribution >= 0.6 is 11.8 Å². The molecule has 0 aliphatic heterocycles. The van der Waals surface area contributed by atoms with E-state index in [0.717, 1.165) is 23.5 Å². The van der Waals surface area contributed by atoms with E-state index in [1.807, 2.05) is 24.3 Å². The van der Waals surface area contributed by atoms with Gasteiger partial charge in [-0.3, -0.25) is 10.1 Å². The van der Waals surface area contributed by atoms with E-state index in [2.05, 4.69) is 10.6 Å². The number of hydrogen-bond acceptors (Lipinski definition) is 4. The number of carbonyl (C=O) groups excluding carboxylic acids is 2. The maximum Gasteiger partial charge on any atom is 0.321 e. The second-order valence-corrected chi connectivity index (χ2v) is 6.09. The van der Waals surface area contributed by atoms with Crippen molar-refractivity contribution in [3.8, 4) is 5.75 Å². The molecule has 0 saturated heterocycles. The van der Waals surface area contributed by atoms with E-state index in [1.54, 1.807) is 14.0 Å². The van der Waals surface area contributed by atoms with Gasteiger partial charge in [-0.25, -0.2) is 4.79 Å². The number of nitrogens with one attached hydrogen (secondary N) is 2. The predicted molar refractivity (Wildman–Crippen MR) is 78.0 cm³/mol. The Kier molecular flexibility index (Phi) is 4.89. The second-order valence-electron chi connectivity index (χ2n) is 4.67. The molecule has 1 unspecified atom stereocenters. The van der Waals surface area contributed by atoms with Gasteiger partial charge in [0.05, 0.1) is 12.4 Å². The molecule has 1 aliphatic carbocycles. The number of carbonyl (C=O) groups is 2. The van der Waals surface area contributed by atoms with Crippen LogP contribution in [0.2, 0.25) is 0 Å². The molecule has 0 spiro atoms. The van der Waals surface area contributed by atoms with Crippen molar-refractivity contribution in [1.29, 1.82) is 0 Å². The molecule has 2 rings (SSSR count). The number of urea groups is 1. The Bertz CT molecular complexity index is 486. The van der Waals surface area contributed by atoms with Gasteiger partial charge in [-0.15, -0.1) is 11.8 Å². The molecule has 6 heteroatoms. The number of rotatable bonds is 5. The van der Waals surface area contributed by atoms with Gasteiger partial charge in [0.2, 0.25) is 5.91 Å². The van der Waals surface area contributed by atoms with Gasteiger partial charge in [-0.1, -0.05) is 0 Å². The molecular formula is C14H18N2O3S. The van der Waals surface area contributed by atoms with E-state index in [-0.39, 0.29) is 17.2 Å². The van der Waals surface area contributed by atoms with Crippen LogP contribution in [-0.4, -0.2) is 30.3 Å². The highest BCUT2D eigenvalue weighted by molar-refractivity contribution is 8.00. The van der Waals surface area contributed by atoms with Crippen LogP contribution < -0.4 is 15.4 Å². The van der Waals surface area contributed by atoms with Crippen molar-refractivity contribution in [1.82, 2.24) is 10.6 Å². The average molecular weight is 294 g/mol. The number of benzene rings is 1. The number of amides is 3. The summed E-state index contributed by atoms with van der Waals surface area (Å²) in [7, 11) is 1.61. The smallest absolute Gasteiger partial charge is 0.321 e. The highest BCUT2D eigenvalue weighted by atomic mass is 32.2. The molecule has 1 aromatic rings. The Morgan fingerprint density at radius 1 is 1.30 bits per heavy atom. The average Bonchev–Trinajstić information content (AvgIpc) is 3.23. The lowest BCUT2D eigenvalue weighted by Crippen LogP contribution is -2.43. The minimum Gasteiger partial charge on any atom is -0.497 e. The van der Waals surface area contributed by atoms with Crippen LogP contribution in [0.3, 0.4) is 0 Å². The van der Waals surface area contributed by atoms with Gasteiger partial charge >= 0.3 is 6.03 Å². The summed E-state index contributed by atoms with van der Waals surface area (Å²) in [6, 6.07) is 7.29. The van der Waals surface area contributed by atoms with Gasteiger partial charge in [0.15, 0.2) is 0 Å². The maximum absolute atomic E-state index is 11.9. The molecule has 1 aromatic carbocycles. The Labute approximate surface area is 122 Å². The molecular weight excluding hydrogens is 276 g/mol. The van der Waals surface area contributed by atoms with Crippen molar-refractivity contribution < 1.29 is 14.3 Å². The van der Waals surface area contributed by atoms with Crippen LogP contribution in [0, 0.1) is 0 Å². The summed E-state index contributed by atoms with van der Waals surface area (Å²) in [5.74, 6) is 0.485. The minimum atomic E-state index is -0.403. The number of hydrogen-bond donors (Lipinski definition) is 2. The largest absolute Gasteiger partial charge is 0.497 e. The molecule has 1 fully saturated rings. The lowest BCUT2D eigenvalue weighted by Gasteiger charge is -2.12.